The quantitative estimate of drug-likeness (QED) is 0.911. The van der Waals surface area contributed by atoms with Crippen LogP contribution in [0.5, 0.6) is 0 Å². The molecule has 0 radical (unpaired) electrons. The highest BCUT2D eigenvalue weighted by Gasteiger charge is 2.28. The van der Waals surface area contributed by atoms with Crippen LogP contribution in [-0.4, -0.2) is 52.3 Å². The number of para-hydroxylation sites is 1. The van der Waals surface area contributed by atoms with E-state index >= 15 is 0 Å². The third kappa shape index (κ3) is 3.43. The number of carboxylic acid groups (broad SMARTS) is 1. The van der Waals surface area contributed by atoms with Crippen molar-refractivity contribution in [3.05, 3.63) is 36.0 Å². The zero-order valence-electron chi connectivity index (χ0n) is 13.8. The second-order valence-corrected chi connectivity index (χ2v) is 6.19. The van der Waals surface area contributed by atoms with Crippen LogP contribution in [0.1, 0.15) is 18.5 Å². The van der Waals surface area contributed by atoms with E-state index in [9.17, 15) is 14.7 Å². The molecule has 3 rings (SSSR count). The Bertz CT molecular complexity index is 747. The summed E-state index contributed by atoms with van der Waals surface area (Å²) in [7, 11) is 0. The average Bonchev–Trinajstić information content (AvgIpc) is 2.89. The third-order valence-electron chi connectivity index (χ3n) is 4.57. The minimum Gasteiger partial charge on any atom is -0.480 e. The first-order valence-corrected chi connectivity index (χ1v) is 8.20. The molecule has 128 valence electrons. The predicted octanol–water partition coefficient (Wildman–Crippen LogP) is 2.04. The van der Waals surface area contributed by atoms with Crippen LogP contribution in [0.4, 0.5) is 0 Å². The maximum Gasteiger partial charge on any atom is 0.323 e. The van der Waals surface area contributed by atoms with Crippen molar-refractivity contribution in [2.75, 3.05) is 19.8 Å². The summed E-state index contributed by atoms with van der Waals surface area (Å²) in [6.45, 7) is 2.99. The second-order valence-electron chi connectivity index (χ2n) is 6.19. The SMILES string of the molecule is Cc1cc2ccccc2n1CC(=O)N(CC(=O)O)C1CCOCC1. The molecule has 0 atom stereocenters. The molecule has 0 spiro atoms. The van der Waals surface area contributed by atoms with Gasteiger partial charge in [-0.2, -0.15) is 0 Å². The van der Waals surface area contributed by atoms with Crippen molar-refractivity contribution in [2.45, 2.75) is 32.4 Å². The van der Waals surface area contributed by atoms with E-state index < -0.39 is 5.97 Å². The molecule has 1 aromatic heterocycles. The van der Waals surface area contributed by atoms with Crippen molar-refractivity contribution in [2.24, 2.45) is 0 Å². The molecule has 1 aliphatic heterocycles. The van der Waals surface area contributed by atoms with Gasteiger partial charge in [0.15, 0.2) is 0 Å². The number of amides is 1. The Hall–Kier alpha value is -2.34. The predicted molar refractivity (Wildman–Crippen MR) is 89.9 cm³/mol. The fraction of sp³-hybridized carbons (Fsp3) is 0.444. The van der Waals surface area contributed by atoms with E-state index in [4.69, 9.17) is 4.74 Å². The first-order chi connectivity index (χ1) is 11.6. The lowest BCUT2D eigenvalue weighted by atomic mass is 10.1. The van der Waals surface area contributed by atoms with Gasteiger partial charge >= 0.3 is 5.97 Å². The number of ether oxygens (including phenoxy) is 1. The second kappa shape index (κ2) is 7.05. The highest BCUT2D eigenvalue weighted by molar-refractivity contribution is 5.86. The van der Waals surface area contributed by atoms with Gasteiger partial charge in [-0.25, -0.2) is 0 Å². The fourth-order valence-electron chi connectivity index (χ4n) is 3.35. The van der Waals surface area contributed by atoms with Crippen molar-refractivity contribution in [1.29, 1.82) is 0 Å². The molecule has 0 bridgehead atoms. The maximum atomic E-state index is 12.8. The van der Waals surface area contributed by atoms with E-state index in [0.29, 0.717) is 26.1 Å². The summed E-state index contributed by atoms with van der Waals surface area (Å²) >= 11 is 0. The largest absolute Gasteiger partial charge is 0.480 e. The van der Waals surface area contributed by atoms with E-state index in [2.05, 4.69) is 0 Å². The van der Waals surface area contributed by atoms with E-state index in [1.54, 1.807) is 0 Å². The number of aliphatic carboxylic acids is 1. The smallest absolute Gasteiger partial charge is 0.323 e. The lowest BCUT2D eigenvalue weighted by Crippen LogP contribution is -2.47. The van der Waals surface area contributed by atoms with E-state index in [0.717, 1.165) is 16.6 Å². The van der Waals surface area contributed by atoms with Crippen LogP contribution in [-0.2, 0) is 20.9 Å². The summed E-state index contributed by atoms with van der Waals surface area (Å²) < 4.78 is 7.28. The number of aryl methyl sites for hydroxylation is 1. The summed E-state index contributed by atoms with van der Waals surface area (Å²) in [6, 6.07) is 9.87. The first kappa shape index (κ1) is 16.5. The first-order valence-electron chi connectivity index (χ1n) is 8.20. The van der Waals surface area contributed by atoms with Crippen LogP contribution in [0.3, 0.4) is 0 Å². The van der Waals surface area contributed by atoms with Crippen molar-refractivity contribution >= 4 is 22.8 Å². The number of carbonyl (C=O) groups excluding carboxylic acids is 1. The van der Waals surface area contributed by atoms with Gasteiger partial charge in [0.25, 0.3) is 0 Å². The van der Waals surface area contributed by atoms with Gasteiger partial charge in [-0.15, -0.1) is 0 Å². The van der Waals surface area contributed by atoms with Crippen molar-refractivity contribution in [3.63, 3.8) is 0 Å². The number of hydrogen-bond donors (Lipinski definition) is 1. The molecule has 0 aliphatic carbocycles. The van der Waals surface area contributed by atoms with E-state index in [-0.39, 0.29) is 25.0 Å². The number of benzene rings is 1. The normalized spacial score (nSPS) is 15.5. The zero-order chi connectivity index (χ0) is 17.1. The van der Waals surface area contributed by atoms with E-state index in [1.807, 2.05) is 41.8 Å². The Kier molecular flexibility index (Phi) is 4.85. The number of rotatable bonds is 5. The van der Waals surface area contributed by atoms with Crippen LogP contribution in [0.2, 0.25) is 0 Å². The topological polar surface area (TPSA) is 71.8 Å². The maximum absolute atomic E-state index is 12.8. The molecule has 2 heterocycles. The van der Waals surface area contributed by atoms with Crippen molar-refractivity contribution in [3.8, 4) is 0 Å². The molecule has 1 N–H and O–H groups in total. The minimum atomic E-state index is -0.982. The summed E-state index contributed by atoms with van der Waals surface area (Å²) in [5.41, 5.74) is 1.98. The molecule has 0 unspecified atom stereocenters. The van der Waals surface area contributed by atoms with Crippen molar-refractivity contribution in [1.82, 2.24) is 9.47 Å². The van der Waals surface area contributed by atoms with Crippen LogP contribution in [0.25, 0.3) is 10.9 Å². The highest BCUT2D eigenvalue weighted by atomic mass is 16.5. The Morgan fingerprint density at radius 3 is 2.71 bits per heavy atom. The van der Waals surface area contributed by atoms with Gasteiger partial charge in [-0.3, -0.25) is 9.59 Å². The Morgan fingerprint density at radius 2 is 2.00 bits per heavy atom. The van der Waals surface area contributed by atoms with Crippen LogP contribution >= 0.6 is 0 Å². The number of carbonyl (C=O) groups is 2. The van der Waals surface area contributed by atoms with Crippen molar-refractivity contribution < 1.29 is 19.4 Å². The monoisotopic (exact) mass is 330 g/mol. The molecule has 24 heavy (non-hydrogen) atoms. The summed E-state index contributed by atoms with van der Waals surface area (Å²) in [4.78, 5) is 25.5. The molecule has 0 saturated carbocycles. The lowest BCUT2D eigenvalue weighted by Gasteiger charge is -2.33. The van der Waals surface area contributed by atoms with Crippen LogP contribution < -0.4 is 0 Å². The summed E-state index contributed by atoms with van der Waals surface area (Å²) in [5.74, 6) is -1.14. The summed E-state index contributed by atoms with van der Waals surface area (Å²) in [6.07, 6.45) is 1.37. The molecule has 1 aromatic carbocycles. The third-order valence-corrected chi connectivity index (χ3v) is 4.57. The van der Waals surface area contributed by atoms with Crippen LogP contribution in [0, 0.1) is 6.92 Å². The lowest BCUT2D eigenvalue weighted by molar-refractivity contribution is -0.148. The van der Waals surface area contributed by atoms with Gasteiger partial charge < -0.3 is 19.3 Å². The van der Waals surface area contributed by atoms with Gasteiger partial charge in [-0.1, -0.05) is 18.2 Å². The molecular weight excluding hydrogens is 308 g/mol. The van der Waals surface area contributed by atoms with E-state index in [1.165, 1.54) is 4.90 Å². The van der Waals surface area contributed by atoms with Gasteiger partial charge in [0.2, 0.25) is 5.91 Å². The minimum absolute atomic E-state index is 0.0653. The average molecular weight is 330 g/mol. The standard InChI is InChI=1S/C18H22N2O4/c1-13-10-14-4-2-3-5-16(14)19(13)11-17(21)20(12-18(22)23)15-6-8-24-9-7-15/h2-5,10,15H,6-9,11-12H2,1H3,(H,22,23). The number of carboxylic acids is 1. The number of nitrogens with zero attached hydrogens (tertiary/aromatic N) is 2. The number of aromatic nitrogens is 1. The van der Waals surface area contributed by atoms with Gasteiger partial charge in [0.1, 0.15) is 13.1 Å². The fourth-order valence-corrected chi connectivity index (χ4v) is 3.35. The molecule has 1 amide bonds. The Labute approximate surface area is 140 Å². The summed E-state index contributed by atoms with van der Waals surface area (Å²) in [5, 5.41) is 10.3. The van der Waals surface area contributed by atoms with Gasteiger partial charge in [-0.05, 0) is 37.3 Å². The van der Waals surface area contributed by atoms with Gasteiger partial charge in [0.05, 0.1) is 0 Å². The molecule has 2 aromatic rings. The Balaban J connectivity index is 1.83. The molecule has 1 fully saturated rings. The molecular formula is C18H22N2O4. The number of hydrogen-bond acceptors (Lipinski definition) is 3. The molecule has 1 saturated heterocycles. The molecule has 6 nitrogen and oxygen atoms in total. The Morgan fingerprint density at radius 1 is 1.29 bits per heavy atom. The molecule has 6 heteroatoms. The zero-order valence-corrected chi connectivity index (χ0v) is 13.8. The molecule has 1 aliphatic rings. The highest BCUT2D eigenvalue weighted by Crippen LogP contribution is 2.21. The number of fused-ring (bicyclic) bond motifs is 1. The van der Waals surface area contributed by atoms with Gasteiger partial charge in [0, 0.05) is 30.5 Å². The van der Waals surface area contributed by atoms with Crippen LogP contribution in [0.15, 0.2) is 30.3 Å².